The third-order valence-corrected chi connectivity index (χ3v) is 4.40. The lowest BCUT2D eigenvalue weighted by Gasteiger charge is -2.31. The number of aliphatic hydroxyl groups is 1. The molecular formula is C17H23N3O2. The molecule has 1 N–H and O–H groups in total. The number of rotatable bonds is 5. The largest absolute Gasteiger partial charge is 0.420 e. The van der Waals surface area contributed by atoms with Gasteiger partial charge in [0.15, 0.2) is 5.60 Å². The zero-order valence-corrected chi connectivity index (χ0v) is 13.2. The molecular weight excluding hydrogens is 278 g/mol. The van der Waals surface area contributed by atoms with Gasteiger partial charge in [0.1, 0.15) is 0 Å². The van der Waals surface area contributed by atoms with Crippen molar-refractivity contribution in [3.05, 3.63) is 47.7 Å². The molecule has 2 aromatic rings. The van der Waals surface area contributed by atoms with Gasteiger partial charge in [-0.1, -0.05) is 43.2 Å². The second-order valence-corrected chi connectivity index (χ2v) is 6.35. The summed E-state index contributed by atoms with van der Waals surface area (Å²) in [6.07, 6.45) is 4.24. The van der Waals surface area contributed by atoms with E-state index in [0.717, 1.165) is 31.2 Å². The van der Waals surface area contributed by atoms with E-state index in [9.17, 15) is 5.11 Å². The highest BCUT2D eigenvalue weighted by Crippen LogP contribution is 2.44. The fraction of sp³-hybridized carbons (Fsp3) is 0.529. The van der Waals surface area contributed by atoms with Gasteiger partial charge in [0.25, 0.3) is 5.89 Å². The highest BCUT2D eigenvalue weighted by atomic mass is 16.4. The van der Waals surface area contributed by atoms with E-state index < -0.39 is 5.60 Å². The van der Waals surface area contributed by atoms with Crippen molar-refractivity contribution in [2.24, 2.45) is 5.92 Å². The third kappa shape index (κ3) is 2.78. The van der Waals surface area contributed by atoms with Crippen molar-refractivity contribution in [3.63, 3.8) is 0 Å². The minimum Gasteiger partial charge on any atom is -0.420 e. The van der Waals surface area contributed by atoms with E-state index in [0.29, 0.717) is 18.3 Å². The molecule has 22 heavy (non-hydrogen) atoms. The first-order valence-corrected chi connectivity index (χ1v) is 7.86. The molecule has 118 valence electrons. The molecule has 1 fully saturated rings. The lowest BCUT2D eigenvalue weighted by Crippen LogP contribution is -2.35. The van der Waals surface area contributed by atoms with Crippen molar-refractivity contribution in [2.75, 3.05) is 14.1 Å². The summed E-state index contributed by atoms with van der Waals surface area (Å²) < 4.78 is 5.81. The lowest BCUT2D eigenvalue weighted by atomic mass is 9.80. The van der Waals surface area contributed by atoms with Crippen molar-refractivity contribution in [1.82, 2.24) is 15.1 Å². The Kier molecular flexibility index (Phi) is 4.27. The smallest absolute Gasteiger partial charge is 0.252 e. The molecule has 1 aliphatic rings. The predicted octanol–water partition coefficient (Wildman–Crippen LogP) is 2.56. The van der Waals surface area contributed by atoms with Crippen LogP contribution in [0.5, 0.6) is 0 Å². The standard InChI is InChI=1S/C17H23N3O2/c1-20(2)12-15-18-19-16(22-15)17(21,14-10-6-7-11-14)13-8-4-3-5-9-13/h3-5,8-9,14,21H,6-7,10-12H2,1-2H3. The number of nitrogens with zero attached hydrogens (tertiary/aromatic N) is 3. The first kappa shape index (κ1) is 15.2. The molecule has 1 saturated carbocycles. The fourth-order valence-corrected chi connectivity index (χ4v) is 3.31. The lowest BCUT2D eigenvalue weighted by molar-refractivity contribution is -0.00725. The van der Waals surface area contributed by atoms with E-state index in [-0.39, 0.29) is 5.92 Å². The van der Waals surface area contributed by atoms with Crippen LogP contribution in [-0.2, 0) is 12.1 Å². The minimum absolute atomic E-state index is 0.127. The van der Waals surface area contributed by atoms with Crippen LogP contribution in [0.2, 0.25) is 0 Å². The Morgan fingerprint density at radius 2 is 1.86 bits per heavy atom. The van der Waals surface area contributed by atoms with E-state index in [2.05, 4.69) is 10.2 Å². The van der Waals surface area contributed by atoms with Gasteiger partial charge in [-0.3, -0.25) is 0 Å². The van der Waals surface area contributed by atoms with Gasteiger partial charge < -0.3 is 14.4 Å². The van der Waals surface area contributed by atoms with E-state index in [4.69, 9.17) is 4.42 Å². The van der Waals surface area contributed by atoms with Gasteiger partial charge in [-0.25, -0.2) is 0 Å². The Hall–Kier alpha value is -1.72. The van der Waals surface area contributed by atoms with Crippen molar-refractivity contribution in [1.29, 1.82) is 0 Å². The molecule has 1 unspecified atom stereocenters. The minimum atomic E-state index is -1.19. The van der Waals surface area contributed by atoms with Gasteiger partial charge in [0.2, 0.25) is 5.89 Å². The molecule has 0 aliphatic heterocycles. The monoisotopic (exact) mass is 301 g/mol. The zero-order chi connectivity index (χ0) is 15.6. The van der Waals surface area contributed by atoms with Crippen LogP contribution >= 0.6 is 0 Å². The summed E-state index contributed by atoms with van der Waals surface area (Å²) in [5.74, 6) is 0.984. The molecule has 0 saturated heterocycles. The van der Waals surface area contributed by atoms with E-state index >= 15 is 0 Å². The molecule has 1 aromatic carbocycles. The third-order valence-electron chi connectivity index (χ3n) is 4.40. The van der Waals surface area contributed by atoms with Gasteiger partial charge in [-0.15, -0.1) is 10.2 Å². The quantitative estimate of drug-likeness (QED) is 0.919. The maximum Gasteiger partial charge on any atom is 0.252 e. The highest BCUT2D eigenvalue weighted by Gasteiger charge is 2.45. The summed E-state index contributed by atoms with van der Waals surface area (Å²) >= 11 is 0. The van der Waals surface area contributed by atoms with Crippen molar-refractivity contribution in [2.45, 2.75) is 37.8 Å². The Labute approximate surface area is 131 Å². The topological polar surface area (TPSA) is 62.4 Å². The van der Waals surface area contributed by atoms with Crippen LogP contribution in [0.4, 0.5) is 0 Å². The van der Waals surface area contributed by atoms with Crippen molar-refractivity contribution < 1.29 is 9.52 Å². The summed E-state index contributed by atoms with van der Waals surface area (Å²) in [6, 6.07) is 9.70. The molecule has 0 spiro atoms. The molecule has 1 heterocycles. The molecule has 0 bridgehead atoms. The van der Waals surface area contributed by atoms with Crippen LogP contribution in [0.25, 0.3) is 0 Å². The number of hydrogen-bond donors (Lipinski definition) is 1. The Morgan fingerprint density at radius 1 is 1.18 bits per heavy atom. The molecule has 5 nitrogen and oxygen atoms in total. The summed E-state index contributed by atoms with van der Waals surface area (Å²) in [5, 5.41) is 19.8. The maximum atomic E-state index is 11.5. The fourth-order valence-electron chi connectivity index (χ4n) is 3.31. The normalized spacial score (nSPS) is 18.7. The summed E-state index contributed by atoms with van der Waals surface area (Å²) in [4.78, 5) is 1.97. The maximum absolute atomic E-state index is 11.5. The molecule has 0 radical (unpaired) electrons. The van der Waals surface area contributed by atoms with Crippen LogP contribution in [-0.4, -0.2) is 34.3 Å². The average molecular weight is 301 g/mol. The average Bonchev–Trinajstić information content (AvgIpc) is 3.18. The molecule has 1 aromatic heterocycles. The predicted molar refractivity (Wildman–Crippen MR) is 83.1 cm³/mol. The number of benzene rings is 1. The Morgan fingerprint density at radius 3 is 2.50 bits per heavy atom. The SMILES string of the molecule is CN(C)Cc1nnc(C(O)(c2ccccc2)C2CCCC2)o1. The molecule has 5 heteroatoms. The molecule has 0 amide bonds. The Balaban J connectivity index is 2.00. The van der Waals surface area contributed by atoms with Crippen molar-refractivity contribution in [3.8, 4) is 0 Å². The van der Waals surface area contributed by atoms with Crippen LogP contribution < -0.4 is 0 Å². The first-order chi connectivity index (χ1) is 10.6. The van der Waals surface area contributed by atoms with E-state index in [1.165, 1.54) is 0 Å². The van der Waals surface area contributed by atoms with E-state index in [1.807, 2.05) is 49.3 Å². The highest BCUT2D eigenvalue weighted by molar-refractivity contribution is 5.29. The molecule has 3 rings (SSSR count). The Bertz CT molecular complexity index is 605. The van der Waals surface area contributed by atoms with Crippen LogP contribution in [0.1, 0.15) is 43.0 Å². The first-order valence-electron chi connectivity index (χ1n) is 7.86. The van der Waals surface area contributed by atoms with Crippen LogP contribution in [0, 0.1) is 5.92 Å². The summed E-state index contributed by atoms with van der Waals surface area (Å²) in [7, 11) is 3.90. The van der Waals surface area contributed by atoms with Crippen molar-refractivity contribution >= 4 is 0 Å². The zero-order valence-electron chi connectivity index (χ0n) is 13.2. The van der Waals surface area contributed by atoms with Crippen LogP contribution in [0.3, 0.4) is 0 Å². The van der Waals surface area contributed by atoms with Gasteiger partial charge in [-0.2, -0.15) is 0 Å². The summed E-state index contributed by atoms with van der Waals surface area (Å²) in [5.41, 5.74) is -0.350. The van der Waals surface area contributed by atoms with Gasteiger partial charge in [-0.05, 0) is 32.5 Å². The van der Waals surface area contributed by atoms with Crippen LogP contribution in [0.15, 0.2) is 34.7 Å². The van der Waals surface area contributed by atoms with E-state index in [1.54, 1.807) is 0 Å². The number of hydrogen-bond acceptors (Lipinski definition) is 5. The second kappa shape index (κ2) is 6.18. The second-order valence-electron chi connectivity index (χ2n) is 6.35. The van der Waals surface area contributed by atoms with Gasteiger partial charge in [0, 0.05) is 5.92 Å². The number of aromatic nitrogens is 2. The van der Waals surface area contributed by atoms with Gasteiger partial charge >= 0.3 is 0 Å². The van der Waals surface area contributed by atoms with Gasteiger partial charge in [0.05, 0.1) is 6.54 Å². The molecule has 1 atom stereocenters. The molecule has 1 aliphatic carbocycles. The summed E-state index contributed by atoms with van der Waals surface area (Å²) in [6.45, 7) is 0.572.